The summed E-state index contributed by atoms with van der Waals surface area (Å²) >= 11 is 0. The van der Waals surface area contributed by atoms with Crippen molar-refractivity contribution in [3.63, 3.8) is 0 Å². The quantitative estimate of drug-likeness (QED) is 0.839. The summed E-state index contributed by atoms with van der Waals surface area (Å²) in [6.45, 7) is 6.12. The molecule has 0 radical (unpaired) electrons. The summed E-state index contributed by atoms with van der Waals surface area (Å²) in [6.07, 6.45) is 3.61. The van der Waals surface area contributed by atoms with Gasteiger partial charge in [-0.3, -0.25) is 4.90 Å². The number of aryl methyl sites for hydroxylation is 1. The predicted octanol–water partition coefficient (Wildman–Crippen LogP) is 2.12. The van der Waals surface area contributed by atoms with Gasteiger partial charge in [-0.2, -0.15) is 0 Å². The van der Waals surface area contributed by atoms with Crippen LogP contribution in [0.25, 0.3) is 0 Å². The maximum atomic E-state index is 12.6. The van der Waals surface area contributed by atoms with Crippen molar-refractivity contribution in [1.82, 2.24) is 15.1 Å². The van der Waals surface area contributed by atoms with E-state index >= 15 is 0 Å². The summed E-state index contributed by atoms with van der Waals surface area (Å²) in [5.74, 6) is 0. The minimum absolute atomic E-state index is 0.0193. The number of urea groups is 1. The fourth-order valence-electron chi connectivity index (χ4n) is 3.63. The van der Waals surface area contributed by atoms with E-state index in [-0.39, 0.29) is 18.7 Å². The van der Waals surface area contributed by atoms with E-state index < -0.39 is 0 Å². The van der Waals surface area contributed by atoms with Gasteiger partial charge >= 0.3 is 6.03 Å². The minimum atomic E-state index is -0.0699. The number of likely N-dealkylation sites (tertiary alicyclic amines) is 1. The van der Waals surface area contributed by atoms with Crippen molar-refractivity contribution in [1.29, 1.82) is 0 Å². The summed E-state index contributed by atoms with van der Waals surface area (Å²) in [6, 6.07) is 9.62. The van der Waals surface area contributed by atoms with Gasteiger partial charge in [-0.1, -0.05) is 29.8 Å². The molecule has 2 atom stereocenters. The van der Waals surface area contributed by atoms with E-state index in [9.17, 15) is 9.90 Å². The highest BCUT2D eigenvalue weighted by Crippen LogP contribution is 2.33. The summed E-state index contributed by atoms with van der Waals surface area (Å²) in [5.41, 5.74) is 2.29. The zero-order valence-corrected chi connectivity index (χ0v) is 14.7. The molecular weight excluding hydrogens is 302 g/mol. The van der Waals surface area contributed by atoms with E-state index in [4.69, 9.17) is 0 Å². The number of carbonyl (C=O) groups is 1. The van der Waals surface area contributed by atoms with Crippen molar-refractivity contribution in [2.24, 2.45) is 0 Å². The summed E-state index contributed by atoms with van der Waals surface area (Å²) < 4.78 is 0. The topological polar surface area (TPSA) is 55.8 Å². The fourth-order valence-corrected chi connectivity index (χ4v) is 3.63. The Labute approximate surface area is 144 Å². The Kier molecular flexibility index (Phi) is 5.41. The van der Waals surface area contributed by atoms with Crippen molar-refractivity contribution in [3.8, 4) is 0 Å². The molecule has 2 N–H and O–H groups in total. The van der Waals surface area contributed by atoms with Gasteiger partial charge in [-0.05, 0) is 38.7 Å². The second kappa shape index (κ2) is 7.53. The summed E-state index contributed by atoms with van der Waals surface area (Å²) in [5, 5.41) is 12.5. The van der Waals surface area contributed by atoms with Crippen LogP contribution < -0.4 is 5.32 Å². The first-order valence-corrected chi connectivity index (χ1v) is 9.04. The molecule has 5 heteroatoms. The van der Waals surface area contributed by atoms with E-state index in [2.05, 4.69) is 36.2 Å². The van der Waals surface area contributed by atoms with E-state index in [1.54, 1.807) is 4.90 Å². The van der Waals surface area contributed by atoms with Crippen LogP contribution in [0, 0.1) is 6.92 Å². The number of benzene rings is 1. The Morgan fingerprint density at radius 1 is 1.33 bits per heavy atom. The molecule has 1 aromatic rings. The molecule has 2 amide bonds. The highest BCUT2D eigenvalue weighted by atomic mass is 16.3. The standard InChI is InChI=1S/C19H29N3O2/c1-14-3-5-16(6-4-14)12-21(9-10-23)19(24)20-17-11-15(2)22(13-17)18-7-8-18/h3-6,15,17-18,23H,7-13H2,1-2H3,(H,20,24)/t15-,17+/m1/s1. The number of nitrogens with zero attached hydrogens (tertiary/aromatic N) is 2. The predicted molar refractivity (Wildman–Crippen MR) is 94.8 cm³/mol. The molecule has 1 aromatic carbocycles. The Morgan fingerprint density at radius 2 is 2.04 bits per heavy atom. The highest BCUT2D eigenvalue weighted by Gasteiger charge is 2.39. The van der Waals surface area contributed by atoms with Gasteiger partial charge in [-0.15, -0.1) is 0 Å². The highest BCUT2D eigenvalue weighted by molar-refractivity contribution is 5.74. The Bertz CT molecular complexity index is 556. The van der Waals surface area contributed by atoms with Gasteiger partial charge in [0.2, 0.25) is 0 Å². The molecule has 0 aromatic heterocycles. The number of nitrogens with one attached hydrogen (secondary N) is 1. The first-order valence-electron chi connectivity index (χ1n) is 9.04. The third kappa shape index (κ3) is 4.28. The lowest BCUT2D eigenvalue weighted by atomic mass is 10.1. The molecule has 1 aliphatic heterocycles. The average molecular weight is 331 g/mol. The number of hydrogen-bond donors (Lipinski definition) is 2. The second-order valence-electron chi connectivity index (χ2n) is 7.29. The first-order chi connectivity index (χ1) is 11.6. The molecule has 1 aliphatic carbocycles. The SMILES string of the molecule is Cc1ccc(CN(CCO)C(=O)N[C@H]2C[C@@H](C)N(C3CC3)C2)cc1. The van der Waals surface area contributed by atoms with E-state index in [1.165, 1.54) is 18.4 Å². The van der Waals surface area contributed by atoms with Crippen LogP contribution in [0.2, 0.25) is 0 Å². The summed E-state index contributed by atoms with van der Waals surface area (Å²) in [4.78, 5) is 16.9. The number of carbonyl (C=O) groups excluding carboxylic acids is 1. The Hall–Kier alpha value is -1.59. The maximum absolute atomic E-state index is 12.6. The second-order valence-corrected chi connectivity index (χ2v) is 7.29. The Morgan fingerprint density at radius 3 is 2.67 bits per heavy atom. The molecule has 1 saturated heterocycles. The minimum Gasteiger partial charge on any atom is -0.395 e. The largest absolute Gasteiger partial charge is 0.395 e. The zero-order valence-electron chi connectivity index (χ0n) is 14.7. The lowest BCUT2D eigenvalue weighted by Gasteiger charge is -2.25. The maximum Gasteiger partial charge on any atom is 0.318 e. The number of aliphatic hydroxyl groups is 1. The molecule has 5 nitrogen and oxygen atoms in total. The molecule has 0 spiro atoms. The van der Waals surface area contributed by atoms with Gasteiger partial charge in [0.1, 0.15) is 0 Å². The van der Waals surface area contributed by atoms with Crippen LogP contribution in [0.5, 0.6) is 0 Å². The number of amides is 2. The molecule has 24 heavy (non-hydrogen) atoms. The lowest BCUT2D eigenvalue weighted by Crippen LogP contribution is -2.46. The lowest BCUT2D eigenvalue weighted by molar-refractivity contribution is 0.170. The van der Waals surface area contributed by atoms with E-state index in [1.807, 2.05) is 12.1 Å². The summed E-state index contributed by atoms with van der Waals surface area (Å²) in [7, 11) is 0. The monoisotopic (exact) mass is 331 g/mol. The smallest absolute Gasteiger partial charge is 0.318 e. The van der Waals surface area contributed by atoms with Gasteiger partial charge in [0, 0.05) is 37.8 Å². The van der Waals surface area contributed by atoms with Crippen LogP contribution in [0.4, 0.5) is 4.79 Å². The van der Waals surface area contributed by atoms with E-state index in [0.29, 0.717) is 19.1 Å². The van der Waals surface area contributed by atoms with Gasteiger partial charge in [0.25, 0.3) is 0 Å². The van der Waals surface area contributed by atoms with Crippen LogP contribution in [0.15, 0.2) is 24.3 Å². The van der Waals surface area contributed by atoms with Crippen molar-refractivity contribution >= 4 is 6.03 Å². The number of hydrogen-bond acceptors (Lipinski definition) is 3. The van der Waals surface area contributed by atoms with Gasteiger partial charge in [0.15, 0.2) is 0 Å². The Balaban J connectivity index is 1.56. The van der Waals surface area contributed by atoms with Gasteiger partial charge < -0.3 is 15.3 Å². The first kappa shape index (κ1) is 17.2. The molecule has 2 aliphatic rings. The number of rotatable bonds is 6. The fraction of sp³-hybridized carbons (Fsp3) is 0.632. The molecule has 0 bridgehead atoms. The van der Waals surface area contributed by atoms with Crippen molar-refractivity contribution in [3.05, 3.63) is 35.4 Å². The van der Waals surface area contributed by atoms with Crippen LogP contribution in [-0.4, -0.2) is 58.8 Å². The van der Waals surface area contributed by atoms with Crippen LogP contribution >= 0.6 is 0 Å². The van der Waals surface area contributed by atoms with Crippen molar-refractivity contribution in [2.45, 2.75) is 57.8 Å². The van der Waals surface area contributed by atoms with Crippen molar-refractivity contribution in [2.75, 3.05) is 19.7 Å². The normalized spacial score (nSPS) is 24.1. The van der Waals surface area contributed by atoms with E-state index in [0.717, 1.165) is 24.6 Å². The molecule has 3 rings (SSSR count). The average Bonchev–Trinajstić information content (AvgIpc) is 3.33. The van der Waals surface area contributed by atoms with Gasteiger partial charge in [-0.25, -0.2) is 4.79 Å². The molecule has 2 fully saturated rings. The molecule has 1 heterocycles. The van der Waals surface area contributed by atoms with Crippen molar-refractivity contribution < 1.29 is 9.90 Å². The van der Waals surface area contributed by atoms with Crippen LogP contribution in [0.1, 0.15) is 37.3 Å². The molecular formula is C19H29N3O2. The zero-order chi connectivity index (χ0) is 17.1. The molecule has 0 unspecified atom stereocenters. The third-order valence-electron chi connectivity index (χ3n) is 5.12. The molecule has 132 valence electrons. The number of aliphatic hydroxyl groups excluding tert-OH is 1. The van der Waals surface area contributed by atoms with Crippen LogP contribution in [-0.2, 0) is 6.54 Å². The van der Waals surface area contributed by atoms with Gasteiger partial charge in [0.05, 0.1) is 6.61 Å². The molecule has 1 saturated carbocycles. The van der Waals surface area contributed by atoms with Crippen LogP contribution in [0.3, 0.4) is 0 Å². The third-order valence-corrected chi connectivity index (χ3v) is 5.12.